The fourth-order valence-corrected chi connectivity index (χ4v) is 5.08. The van der Waals surface area contributed by atoms with Gasteiger partial charge in [-0.1, -0.05) is 32.9 Å². The number of hydrogen-bond acceptors (Lipinski definition) is 7. The van der Waals surface area contributed by atoms with Crippen molar-refractivity contribution in [1.29, 1.82) is 0 Å². The molecule has 0 amide bonds. The Labute approximate surface area is 188 Å². The minimum atomic E-state index is -3.62. The molecule has 0 bridgehead atoms. The summed E-state index contributed by atoms with van der Waals surface area (Å²) in [4.78, 5) is 24.4. The second-order valence-corrected chi connectivity index (χ2v) is 10.7. The number of furan rings is 1. The van der Waals surface area contributed by atoms with Gasteiger partial charge in [-0.3, -0.25) is 4.79 Å². The lowest BCUT2D eigenvalue weighted by molar-refractivity contribution is -0.151. The van der Waals surface area contributed by atoms with Crippen molar-refractivity contribution in [2.24, 2.45) is 5.92 Å². The zero-order valence-electron chi connectivity index (χ0n) is 18.8. The van der Waals surface area contributed by atoms with Gasteiger partial charge in [0, 0.05) is 13.1 Å². The van der Waals surface area contributed by atoms with Gasteiger partial charge in [-0.25, -0.2) is 13.2 Å². The molecule has 1 aromatic carbocycles. The van der Waals surface area contributed by atoms with Crippen molar-refractivity contribution in [3.8, 4) is 0 Å². The van der Waals surface area contributed by atoms with Crippen molar-refractivity contribution >= 4 is 22.0 Å². The van der Waals surface area contributed by atoms with Gasteiger partial charge in [-0.15, -0.1) is 0 Å². The third kappa shape index (κ3) is 5.21. The standard InChI is InChI=1S/C23H29NO7S/c1-23(2,3)17-5-7-18(8-6-17)32(27,28)24-12-9-16(10-13-24)21(25)31-15-20-19(11-14-30-20)22(26)29-4/h5-8,11,14,16H,9-10,12-13,15H2,1-4H3. The molecule has 0 unspecified atom stereocenters. The molecule has 0 spiro atoms. The van der Waals surface area contributed by atoms with Gasteiger partial charge in [0.2, 0.25) is 10.0 Å². The smallest absolute Gasteiger partial charge is 0.341 e. The Morgan fingerprint density at radius 1 is 1.09 bits per heavy atom. The maximum Gasteiger partial charge on any atom is 0.341 e. The minimum Gasteiger partial charge on any atom is -0.465 e. The van der Waals surface area contributed by atoms with Crippen LogP contribution >= 0.6 is 0 Å². The zero-order chi connectivity index (χ0) is 23.5. The van der Waals surface area contributed by atoms with E-state index < -0.39 is 27.9 Å². The van der Waals surface area contributed by atoms with E-state index in [2.05, 4.69) is 25.5 Å². The lowest BCUT2D eigenvalue weighted by atomic mass is 9.87. The van der Waals surface area contributed by atoms with Crippen LogP contribution < -0.4 is 0 Å². The predicted octanol–water partition coefficient (Wildman–Crippen LogP) is 3.51. The molecular weight excluding hydrogens is 434 g/mol. The van der Waals surface area contributed by atoms with Crippen molar-refractivity contribution in [3.63, 3.8) is 0 Å². The van der Waals surface area contributed by atoms with E-state index in [-0.39, 0.29) is 41.3 Å². The van der Waals surface area contributed by atoms with Crippen LogP contribution in [0.1, 0.15) is 55.3 Å². The Kier molecular flexibility index (Phi) is 7.09. The van der Waals surface area contributed by atoms with Gasteiger partial charge >= 0.3 is 11.9 Å². The van der Waals surface area contributed by atoms with Gasteiger partial charge in [0.25, 0.3) is 0 Å². The maximum absolute atomic E-state index is 13.0. The fourth-order valence-electron chi connectivity index (χ4n) is 3.61. The summed E-state index contributed by atoms with van der Waals surface area (Å²) in [5.74, 6) is -1.21. The van der Waals surface area contributed by atoms with Gasteiger partial charge in [0.05, 0.1) is 24.2 Å². The Balaban J connectivity index is 1.57. The number of benzene rings is 1. The van der Waals surface area contributed by atoms with E-state index in [9.17, 15) is 18.0 Å². The first-order valence-electron chi connectivity index (χ1n) is 10.5. The summed E-state index contributed by atoms with van der Waals surface area (Å²) in [7, 11) is -2.37. The van der Waals surface area contributed by atoms with E-state index in [1.807, 2.05) is 12.1 Å². The highest BCUT2D eigenvalue weighted by Gasteiger charge is 2.33. The molecule has 3 rings (SSSR count). The van der Waals surface area contributed by atoms with Gasteiger partial charge < -0.3 is 13.9 Å². The first kappa shape index (κ1) is 24.0. The number of carbonyl (C=O) groups is 2. The number of carbonyl (C=O) groups excluding carboxylic acids is 2. The van der Waals surface area contributed by atoms with Crippen LogP contribution in [0.2, 0.25) is 0 Å². The van der Waals surface area contributed by atoms with Crippen LogP contribution in [-0.4, -0.2) is 44.9 Å². The predicted molar refractivity (Wildman–Crippen MR) is 116 cm³/mol. The second kappa shape index (κ2) is 9.46. The van der Waals surface area contributed by atoms with Gasteiger partial charge in [-0.2, -0.15) is 4.31 Å². The number of ether oxygens (including phenoxy) is 2. The monoisotopic (exact) mass is 463 g/mol. The highest BCUT2D eigenvalue weighted by Crippen LogP contribution is 2.28. The summed E-state index contributed by atoms with van der Waals surface area (Å²) in [5, 5.41) is 0. The molecule has 0 atom stereocenters. The van der Waals surface area contributed by atoms with E-state index >= 15 is 0 Å². The summed E-state index contributed by atoms with van der Waals surface area (Å²) >= 11 is 0. The van der Waals surface area contributed by atoms with Crippen LogP contribution in [0, 0.1) is 5.92 Å². The Bertz CT molecular complexity index is 1060. The molecule has 0 saturated carbocycles. The Morgan fingerprint density at radius 2 is 1.72 bits per heavy atom. The van der Waals surface area contributed by atoms with Gasteiger partial charge in [0.1, 0.15) is 12.2 Å². The quantitative estimate of drug-likeness (QED) is 0.604. The maximum atomic E-state index is 13.0. The molecule has 1 saturated heterocycles. The third-order valence-corrected chi connectivity index (χ3v) is 7.55. The molecule has 1 aliphatic rings. The molecule has 32 heavy (non-hydrogen) atoms. The normalized spacial score (nSPS) is 16.0. The number of methoxy groups -OCH3 is 1. The first-order chi connectivity index (χ1) is 15.0. The SMILES string of the molecule is COC(=O)c1ccoc1COC(=O)C1CCN(S(=O)(=O)c2ccc(C(C)(C)C)cc2)CC1. The van der Waals surface area contributed by atoms with E-state index in [1.165, 1.54) is 23.7 Å². The summed E-state index contributed by atoms with van der Waals surface area (Å²) < 4.78 is 42.5. The van der Waals surface area contributed by atoms with Crippen molar-refractivity contribution in [2.45, 2.75) is 50.5 Å². The molecule has 0 radical (unpaired) electrons. The van der Waals surface area contributed by atoms with E-state index in [4.69, 9.17) is 9.15 Å². The summed E-state index contributed by atoms with van der Waals surface area (Å²) in [6, 6.07) is 8.41. The van der Waals surface area contributed by atoms with Crippen LogP contribution in [0.3, 0.4) is 0 Å². The Hall–Kier alpha value is -2.65. The number of esters is 2. The molecule has 1 aromatic heterocycles. The summed E-state index contributed by atoms with van der Waals surface area (Å²) in [6.45, 7) is 6.50. The summed E-state index contributed by atoms with van der Waals surface area (Å²) in [6.07, 6.45) is 2.05. The topological polar surface area (TPSA) is 103 Å². The van der Waals surface area contributed by atoms with E-state index in [0.29, 0.717) is 12.8 Å². The molecule has 9 heteroatoms. The lowest BCUT2D eigenvalue weighted by Gasteiger charge is -2.30. The molecule has 2 heterocycles. The molecule has 0 aliphatic carbocycles. The first-order valence-corrected chi connectivity index (χ1v) is 11.9. The number of hydrogen-bond donors (Lipinski definition) is 0. The van der Waals surface area contributed by atoms with Crippen molar-refractivity contribution in [2.75, 3.05) is 20.2 Å². The fraction of sp³-hybridized carbons (Fsp3) is 0.478. The van der Waals surface area contributed by atoms with Crippen molar-refractivity contribution < 1.29 is 31.9 Å². The largest absolute Gasteiger partial charge is 0.465 e. The third-order valence-electron chi connectivity index (χ3n) is 5.64. The molecule has 174 valence electrons. The van der Waals surface area contributed by atoms with Crippen LogP contribution in [0.5, 0.6) is 0 Å². The van der Waals surface area contributed by atoms with Gasteiger partial charge in [0.15, 0.2) is 5.76 Å². The Morgan fingerprint density at radius 3 is 2.28 bits per heavy atom. The van der Waals surface area contributed by atoms with E-state index in [0.717, 1.165) is 5.56 Å². The van der Waals surface area contributed by atoms with Crippen LogP contribution in [-0.2, 0) is 36.3 Å². The van der Waals surface area contributed by atoms with E-state index in [1.54, 1.807) is 12.1 Å². The average Bonchev–Trinajstić information content (AvgIpc) is 3.25. The number of nitrogens with zero attached hydrogens (tertiary/aromatic N) is 1. The van der Waals surface area contributed by atoms with Crippen LogP contribution in [0.4, 0.5) is 0 Å². The van der Waals surface area contributed by atoms with Crippen molar-refractivity contribution in [1.82, 2.24) is 4.31 Å². The molecule has 1 aliphatic heterocycles. The van der Waals surface area contributed by atoms with Crippen LogP contribution in [0.15, 0.2) is 45.9 Å². The molecule has 8 nitrogen and oxygen atoms in total. The number of piperidine rings is 1. The number of rotatable bonds is 6. The molecule has 2 aromatic rings. The zero-order valence-corrected chi connectivity index (χ0v) is 19.6. The summed E-state index contributed by atoms with van der Waals surface area (Å²) in [5.41, 5.74) is 1.21. The number of sulfonamides is 1. The molecule has 0 N–H and O–H groups in total. The molecule has 1 fully saturated rings. The van der Waals surface area contributed by atoms with Gasteiger partial charge in [-0.05, 0) is 42.0 Å². The molecular formula is C23H29NO7S. The lowest BCUT2D eigenvalue weighted by Crippen LogP contribution is -2.40. The minimum absolute atomic E-state index is 0.0612. The second-order valence-electron chi connectivity index (χ2n) is 8.81. The average molecular weight is 464 g/mol. The highest BCUT2D eigenvalue weighted by atomic mass is 32.2. The van der Waals surface area contributed by atoms with Crippen LogP contribution in [0.25, 0.3) is 0 Å². The van der Waals surface area contributed by atoms with Crippen molar-refractivity contribution in [3.05, 3.63) is 53.5 Å². The highest BCUT2D eigenvalue weighted by molar-refractivity contribution is 7.89.